The Morgan fingerprint density at radius 1 is 1.12 bits per heavy atom. The molecule has 0 heterocycles. The van der Waals surface area contributed by atoms with Crippen molar-refractivity contribution in [3.05, 3.63) is 29.3 Å². The third kappa shape index (κ3) is 2.46. The monoisotopic (exact) mass is 234 g/mol. The highest BCUT2D eigenvalue weighted by Crippen LogP contribution is 2.27. The Kier molecular flexibility index (Phi) is 4.17. The zero-order chi connectivity index (χ0) is 12.3. The molecule has 0 radical (unpaired) electrons. The quantitative estimate of drug-likeness (QED) is 0.609. The van der Waals surface area contributed by atoms with Gasteiger partial charge in [0.2, 0.25) is 5.82 Å². The normalized spacial score (nSPS) is 14.8. The second kappa shape index (κ2) is 5.20. The van der Waals surface area contributed by atoms with E-state index in [2.05, 4.69) is 0 Å². The zero-order valence-electron chi connectivity index (χ0n) is 8.27. The number of rotatable bonds is 4. The summed E-state index contributed by atoms with van der Waals surface area (Å²) < 4.78 is 26.2. The number of halogens is 2. The van der Waals surface area contributed by atoms with Gasteiger partial charge in [0, 0.05) is 12.2 Å². The van der Waals surface area contributed by atoms with Crippen LogP contribution in [0, 0.1) is 11.6 Å². The summed E-state index contributed by atoms with van der Waals surface area (Å²) in [6, 6.07) is 1.85. The van der Waals surface area contributed by atoms with Gasteiger partial charge in [-0.1, -0.05) is 0 Å². The van der Waals surface area contributed by atoms with Crippen LogP contribution in [0.5, 0.6) is 5.75 Å². The molecule has 1 rings (SSSR count). The molecule has 1 aromatic carbocycles. The number of hydrogen-bond acceptors (Lipinski definition) is 4. The Hall–Kier alpha value is -1.24. The molecule has 0 bridgehead atoms. The van der Waals surface area contributed by atoms with Crippen molar-refractivity contribution in [1.82, 2.24) is 0 Å². The average molecular weight is 234 g/mol. The van der Waals surface area contributed by atoms with Gasteiger partial charge in [0.1, 0.15) is 6.10 Å². The fraction of sp³-hybridized carbons (Fsp3) is 0.400. The second-order valence-electron chi connectivity index (χ2n) is 3.33. The Balaban J connectivity index is 3.00. The van der Waals surface area contributed by atoms with Gasteiger partial charge in [-0.05, 0) is 18.6 Å². The number of phenols is 1. The minimum Gasteiger partial charge on any atom is -0.505 e. The summed E-state index contributed by atoms with van der Waals surface area (Å²) in [5.41, 5.74) is -0.462. The molecule has 0 aliphatic carbocycles. The minimum absolute atomic E-state index is 0.164. The lowest BCUT2D eigenvalue weighted by Crippen LogP contribution is -2.20. The average Bonchev–Trinajstić information content (AvgIpc) is 2.26. The SMILES string of the molecule is OCCC(O)C(O)c1ccc(O)c(F)c1F. The first-order chi connectivity index (χ1) is 7.49. The molecule has 0 amide bonds. The fourth-order valence-corrected chi connectivity index (χ4v) is 1.28. The van der Waals surface area contributed by atoms with E-state index in [1.165, 1.54) is 0 Å². The number of phenolic OH excluding ortho intramolecular Hbond substituents is 1. The van der Waals surface area contributed by atoms with Gasteiger partial charge in [-0.2, -0.15) is 4.39 Å². The van der Waals surface area contributed by atoms with Crippen LogP contribution in [0.3, 0.4) is 0 Å². The van der Waals surface area contributed by atoms with Crippen molar-refractivity contribution in [2.45, 2.75) is 18.6 Å². The third-order valence-electron chi connectivity index (χ3n) is 2.20. The van der Waals surface area contributed by atoms with E-state index in [-0.39, 0.29) is 13.0 Å². The third-order valence-corrected chi connectivity index (χ3v) is 2.20. The van der Waals surface area contributed by atoms with Crippen LogP contribution < -0.4 is 0 Å². The van der Waals surface area contributed by atoms with Gasteiger partial charge >= 0.3 is 0 Å². The van der Waals surface area contributed by atoms with Crippen LogP contribution in [0.15, 0.2) is 12.1 Å². The summed E-state index contributed by atoms with van der Waals surface area (Å²) in [6.45, 7) is -0.388. The van der Waals surface area contributed by atoms with Crippen LogP contribution in [0.1, 0.15) is 18.1 Å². The van der Waals surface area contributed by atoms with Crippen molar-refractivity contribution < 1.29 is 29.2 Å². The number of aromatic hydroxyl groups is 1. The van der Waals surface area contributed by atoms with Crippen molar-refractivity contribution in [3.8, 4) is 5.75 Å². The molecule has 0 saturated carbocycles. The van der Waals surface area contributed by atoms with Crippen molar-refractivity contribution in [3.63, 3.8) is 0 Å². The molecule has 4 N–H and O–H groups in total. The molecule has 0 aliphatic heterocycles. The van der Waals surface area contributed by atoms with E-state index in [0.29, 0.717) is 0 Å². The van der Waals surface area contributed by atoms with Crippen molar-refractivity contribution in [2.24, 2.45) is 0 Å². The van der Waals surface area contributed by atoms with Crippen LogP contribution in [-0.2, 0) is 0 Å². The molecule has 0 fully saturated rings. The molecular formula is C10H12F2O4. The Morgan fingerprint density at radius 2 is 1.75 bits per heavy atom. The maximum absolute atomic E-state index is 13.2. The van der Waals surface area contributed by atoms with E-state index in [1.54, 1.807) is 0 Å². The fourth-order valence-electron chi connectivity index (χ4n) is 1.28. The number of benzene rings is 1. The van der Waals surface area contributed by atoms with Gasteiger partial charge in [-0.15, -0.1) is 0 Å². The summed E-state index contributed by atoms with van der Waals surface area (Å²) in [4.78, 5) is 0. The highest BCUT2D eigenvalue weighted by Gasteiger charge is 2.24. The van der Waals surface area contributed by atoms with Crippen LogP contribution in [0.25, 0.3) is 0 Å². The first-order valence-corrected chi connectivity index (χ1v) is 4.63. The summed E-state index contributed by atoms with van der Waals surface area (Å²) >= 11 is 0. The van der Waals surface area contributed by atoms with Crippen molar-refractivity contribution in [2.75, 3.05) is 6.61 Å². The van der Waals surface area contributed by atoms with E-state index in [9.17, 15) is 19.0 Å². The van der Waals surface area contributed by atoms with Crippen LogP contribution in [-0.4, -0.2) is 33.1 Å². The van der Waals surface area contributed by atoms with Gasteiger partial charge in [0.15, 0.2) is 11.6 Å². The van der Waals surface area contributed by atoms with E-state index in [0.717, 1.165) is 12.1 Å². The minimum atomic E-state index is -1.65. The number of aliphatic hydroxyl groups is 3. The molecule has 2 unspecified atom stereocenters. The Morgan fingerprint density at radius 3 is 2.31 bits per heavy atom. The first-order valence-electron chi connectivity index (χ1n) is 4.63. The maximum atomic E-state index is 13.2. The van der Waals surface area contributed by atoms with Gasteiger partial charge in [0.05, 0.1) is 6.10 Å². The predicted octanol–water partition coefficient (Wildman–Crippen LogP) is 0.447. The number of hydrogen-bond donors (Lipinski definition) is 4. The van der Waals surface area contributed by atoms with Gasteiger partial charge in [0.25, 0.3) is 0 Å². The maximum Gasteiger partial charge on any atom is 0.200 e. The van der Waals surface area contributed by atoms with Crippen LogP contribution >= 0.6 is 0 Å². The molecule has 2 atom stereocenters. The topological polar surface area (TPSA) is 80.9 Å². The molecule has 16 heavy (non-hydrogen) atoms. The lowest BCUT2D eigenvalue weighted by atomic mass is 10.0. The summed E-state index contributed by atoms with van der Waals surface area (Å²) in [7, 11) is 0. The summed E-state index contributed by atoms with van der Waals surface area (Å²) in [5, 5.41) is 36.1. The van der Waals surface area contributed by atoms with Gasteiger partial charge < -0.3 is 20.4 Å². The van der Waals surface area contributed by atoms with Crippen molar-refractivity contribution >= 4 is 0 Å². The van der Waals surface area contributed by atoms with Gasteiger partial charge in [-0.3, -0.25) is 0 Å². The predicted molar refractivity (Wildman–Crippen MR) is 50.7 cm³/mol. The van der Waals surface area contributed by atoms with Crippen LogP contribution in [0.4, 0.5) is 8.78 Å². The molecule has 4 nitrogen and oxygen atoms in total. The zero-order valence-corrected chi connectivity index (χ0v) is 8.27. The Labute approximate surface area is 90.4 Å². The molecule has 0 saturated heterocycles. The van der Waals surface area contributed by atoms with E-state index < -0.39 is 35.2 Å². The molecule has 0 aromatic heterocycles. The van der Waals surface area contributed by atoms with Gasteiger partial charge in [-0.25, -0.2) is 4.39 Å². The lowest BCUT2D eigenvalue weighted by Gasteiger charge is -2.18. The van der Waals surface area contributed by atoms with E-state index in [4.69, 9.17) is 10.2 Å². The highest BCUT2D eigenvalue weighted by molar-refractivity contribution is 5.31. The molecule has 6 heteroatoms. The molecule has 0 aliphatic rings. The molecule has 0 spiro atoms. The molecule has 90 valence electrons. The summed E-state index contributed by atoms with van der Waals surface area (Å²) in [5.74, 6) is -3.76. The second-order valence-corrected chi connectivity index (χ2v) is 3.33. The Bertz CT molecular complexity index is 370. The smallest absolute Gasteiger partial charge is 0.200 e. The standard InChI is InChI=1S/C10H12F2O4/c11-8-5(1-2-6(14)9(8)12)10(16)7(15)3-4-13/h1-2,7,10,13-16H,3-4H2. The lowest BCUT2D eigenvalue weighted by molar-refractivity contribution is 0.00199. The largest absolute Gasteiger partial charge is 0.505 e. The molecule has 1 aromatic rings. The first kappa shape index (κ1) is 12.8. The number of aliphatic hydroxyl groups excluding tert-OH is 3. The van der Waals surface area contributed by atoms with E-state index in [1.807, 2.05) is 0 Å². The van der Waals surface area contributed by atoms with E-state index >= 15 is 0 Å². The van der Waals surface area contributed by atoms with Crippen LogP contribution in [0.2, 0.25) is 0 Å². The molecular weight excluding hydrogens is 222 g/mol. The summed E-state index contributed by atoms with van der Waals surface area (Å²) in [6.07, 6.45) is -3.21. The highest BCUT2D eigenvalue weighted by atomic mass is 19.2. The van der Waals surface area contributed by atoms with Crippen molar-refractivity contribution in [1.29, 1.82) is 0 Å².